The first kappa shape index (κ1) is 20.2. The van der Waals surface area contributed by atoms with E-state index >= 15 is 0 Å². The highest BCUT2D eigenvalue weighted by Crippen LogP contribution is 2.39. The fraction of sp³-hybridized carbons (Fsp3) is 0.500. The van der Waals surface area contributed by atoms with Crippen LogP contribution < -0.4 is 4.74 Å². The third-order valence-corrected chi connectivity index (χ3v) is 6.30. The Hall–Kier alpha value is -2.68. The predicted octanol–water partition coefficient (Wildman–Crippen LogP) is 4.05. The van der Waals surface area contributed by atoms with E-state index in [4.69, 9.17) is 4.74 Å². The van der Waals surface area contributed by atoms with Gasteiger partial charge in [0, 0.05) is 24.1 Å². The minimum absolute atomic E-state index is 0.200. The van der Waals surface area contributed by atoms with Gasteiger partial charge in [0.05, 0.1) is 30.3 Å². The largest absolute Gasteiger partial charge is 0.457 e. The molecular formula is C22H23F3N4O2. The molecule has 2 atom stereocenters. The molecule has 3 fully saturated rings. The Labute approximate surface area is 178 Å². The van der Waals surface area contributed by atoms with Crippen LogP contribution >= 0.6 is 0 Å². The topological polar surface area (TPSA) is 58.6 Å². The van der Waals surface area contributed by atoms with Gasteiger partial charge in [0.25, 0.3) is 5.91 Å². The van der Waals surface area contributed by atoms with Gasteiger partial charge in [-0.05, 0) is 56.4 Å². The molecule has 0 spiro atoms. The van der Waals surface area contributed by atoms with Gasteiger partial charge in [-0.25, -0.2) is 9.88 Å². The number of amides is 1. The average molecular weight is 432 g/mol. The van der Waals surface area contributed by atoms with E-state index in [0.717, 1.165) is 49.9 Å². The van der Waals surface area contributed by atoms with Crippen molar-refractivity contribution in [2.75, 3.05) is 13.2 Å². The second-order valence-electron chi connectivity index (χ2n) is 8.45. The molecule has 0 radical (unpaired) electrons. The van der Waals surface area contributed by atoms with E-state index < -0.39 is 11.7 Å². The van der Waals surface area contributed by atoms with Crippen LogP contribution in [0.4, 0.5) is 13.2 Å². The number of halogens is 3. The number of hydrogen-bond acceptors (Lipinski definition) is 5. The molecule has 1 amide bonds. The van der Waals surface area contributed by atoms with Crippen LogP contribution in [0.1, 0.15) is 59.6 Å². The van der Waals surface area contributed by atoms with E-state index in [1.54, 1.807) is 17.3 Å². The number of benzene rings is 1. The summed E-state index contributed by atoms with van der Waals surface area (Å²) >= 11 is 0. The smallest absolute Gasteiger partial charge is 0.416 e. The molecule has 0 N–H and O–H groups in total. The number of fused-ring (bicyclic) bond motifs is 1. The Morgan fingerprint density at radius 2 is 1.77 bits per heavy atom. The number of nitrogens with zero attached hydrogens (tertiary/aromatic N) is 4. The number of hydrogen-bond donors (Lipinski definition) is 0. The third kappa shape index (κ3) is 4.23. The number of ether oxygens (including phenoxy) is 1. The van der Waals surface area contributed by atoms with E-state index in [9.17, 15) is 18.0 Å². The zero-order valence-corrected chi connectivity index (χ0v) is 16.9. The van der Waals surface area contributed by atoms with Crippen molar-refractivity contribution in [2.45, 2.75) is 56.5 Å². The fourth-order valence-electron chi connectivity index (χ4n) is 4.38. The van der Waals surface area contributed by atoms with Gasteiger partial charge in [-0.3, -0.25) is 9.78 Å². The van der Waals surface area contributed by atoms with E-state index in [1.807, 2.05) is 0 Å². The summed E-state index contributed by atoms with van der Waals surface area (Å²) in [5.74, 6) is 0.733. The molecule has 5 rings (SSSR count). The van der Waals surface area contributed by atoms with Crippen molar-refractivity contribution in [3.05, 3.63) is 53.5 Å². The van der Waals surface area contributed by atoms with Gasteiger partial charge in [-0.1, -0.05) is 0 Å². The molecule has 0 unspecified atom stereocenters. The monoisotopic (exact) mass is 432 g/mol. The van der Waals surface area contributed by atoms with Gasteiger partial charge in [0.15, 0.2) is 6.23 Å². The van der Waals surface area contributed by atoms with E-state index in [0.29, 0.717) is 31.1 Å². The highest BCUT2D eigenvalue weighted by molar-refractivity contribution is 5.94. The molecular weight excluding hydrogens is 409 g/mol. The van der Waals surface area contributed by atoms with Crippen LogP contribution in [0.15, 0.2) is 36.7 Å². The van der Waals surface area contributed by atoms with Crippen molar-refractivity contribution in [3.63, 3.8) is 0 Å². The van der Waals surface area contributed by atoms with Crippen molar-refractivity contribution in [3.8, 4) is 5.88 Å². The summed E-state index contributed by atoms with van der Waals surface area (Å²) in [7, 11) is 0. The second kappa shape index (κ2) is 7.78. The van der Waals surface area contributed by atoms with Crippen LogP contribution in [0.2, 0.25) is 0 Å². The van der Waals surface area contributed by atoms with Gasteiger partial charge in [0.1, 0.15) is 0 Å². The van der Waals surface area contributed by atoms with Gasteiger partial charge in [-0.2, -0.15) is 13.2 Å². The number of carbonyl (C=O) groups is 1. The van der Waals surface area contributed by atoms with Crippen molar-refractivity contribution in [2.24, 2.45) is 0 Å². The van der Waals surface area contributed by atoms with Gasteiger partial charge >= 0.3 is 6.18 Å². The first-order valence-electron chi connectivity index (χ1n) is 10.6. The molecule has 9 heteroatoms. The maximum absolute atomic E-state index is 12.9. The molecule has 6 nitrogen and oxygen atoms in total. The fourth-order valence-corrected chi connectivity index (χ4v) is 4.38. The summed E-state index contributed by atoms with van der Waals surface area (Å²) in [5, 5.41) is 0. The van der Waals surface area contributed by atoms with Gasteiger partial charge in [-0.15, -0.1) is 0 Å². The standard InChI is InChI=1S/C22H23F3N4O2/c23-22(24,25)16-5-3-15(4-6-16)21(30)28-10-9-17-7-8-20(29(17)13-28)31-19-12-26-18(11-27-19)14-1-2-14/h3-6,11-12,14,17,20H,1-2,7-10,13H2/t17-,20-/m0/s1. The van der Waals surface area contributed by atoms with Gasteiger partial charge in [0.2, 0.25) is 5.88 Å². The number of alkyl halides is 3. The number of aromatic nitrogens is 2. The van der Waals surface area contributed by atoms with Crippen LogP contribution in [-0.4, -0.2) is 51.2 Å². The lowest BCUT2D eigenvalue weighted by Crippen LogP contribution is -2.53. The Bertz CT molecular complexity index is 945. The quantitative estimate of drug-likeness (QED) is 0.730. The molecule has 3 aliphatic rings. The molecule has 3 heterocycles. The maximum atomic E-state index is 12.9. The molecule has 1 saturated carbocycles. The first-order valence-corrected chi connectivity index (χ1v) is 10.6. The molecule has 1 aromatic carbocycles. The normalized spacial score (nSPS) is 24.2. The SMILES string of the molecule is O=C(c1ccc(C(F)(F)F)cc1)N1CC[C@@H]2CC[C@H](Oc3cnc(C4CC4)cn3)N2C1. The summed E-state index contributed by atoms with van der Waals surface area (Å²) < 4.78 is 44.4. The van der Waals surface area contributed by atoms with Crippen molar-refractivity contribution in [1.29, 1.82) is 0 Å². The third-order valence-electron chi connectivity index (χ3n) is 6.30. The van der Waals surface area contributed by atoms with Crippen molar-refractivity contribution in [1.82, 2.24) is 19.8 Å². The van der Waals surface area contributed by atoms with Crippen LogP contribution in [0.5, 0.6) is 5.88 Å². The molecule has 1 aliphatic carbocycles. The number of rotatable bonds is 4. The lowest BCUT2D eigenvalue weighted by Gasteiger charge is -2.40. The molecule has 2 aromatic rings. The summed E-state index contributed by atoms with van der Waals surface area (Å²) in [4.78, 5) is 25.5. The minimum Gasteiger partial charge on any atom is -0.457 e. The Kier molecular flexibility index (Phi) is 5.08. The lowest BCUT2D eigenvalue weighted by atomic mass is 10.1. The predicted molar refractivity (Wildman–Crippen MR) is 105 cm³/mol. The molecule has 2 aliphatic heterocycles. The van der Waals surface area contributed by atoms with Crippen LogP contribution in [0, 0.1) is 0 Å². The first-order chi connectivity index (χ1) is 14.9. The summed E-state index contributed by atoms with van der Waals surface area (Å²) in [5.41, 5.74) is 0.497. The summed E-state index contributed by atoms with van der Waals surface area (Å²) in [6.45, 7) is 0.951. The number of carbonyl (C=O) groups excluding carboxylic acids is 1. The highest BCUT2D eigenvalue weighted by Gasteiger charge is 2.40. The zero-order chi connectivity index (χ0) is 21.6. The minimum atomic E-state index is -4.42. The zero-order valence-electron chi connectivity index (χ0n) is 16.9. The molecule has 164 valence electrons. The van der Waals surface area contributed by atoms with Crippen LogP contribution in [0.25, 0.3) is 0 Å². The Morgan fingerprint density at radius 3 is 2.42 bits per heavy atom. The summed E-state index contributed by atoms with van der Waals surface area (Å²) in [6, 6.07) is 4.70. The van der Waals surface area contributed by atoms with Crippen molar-refractivity contribution < 1.29 is 22.7 Å². The Balaban J connectivity index is 1.24. The van der Waals surface area contributed by atoms with Gasteiger partial charge < -0.3 is 9.64 Å². The average Bonchev–Trinajstić information content (AvgIpc) is 3.55. The van der Waals surface area contributed by atoms with Crippen molar-refractivity contribution >= 4 is 5.91 Å². The van der Waals surface area contributed by atoms with E-state index in [2.05, 4.69) is 14.9 Å². The molecule has 2 saturated heterocycles. The van der Waals surface area contributed by atoms with Crippen LogP contribution in [0.3, 0.4) is 0 Å². The molecule has 1 aromatic heterocycles. The second-order valence-corrected chi connectivity index (χ2v) is 8.45. The summed E-state index contributed by atoms with van der Waals surface area (Å²) in [6.07, 6.45) is 3.75. The van der Waals surface area contributed by atoms with E-state index in [1.165, 1.54) is 12.1 Å². The van der Waals surface area contributed by atoms with Crippen LogP contribution in [-0.2, 0) is 6.18 Å². The molecule has 0 bridgehead atoms. The molecule has 31 heavy (non-hydrogen) atoms. The van der Waals surface area contributed by atoms with E-state index in [-0.39, 0.29) is 17.7 Å². The maximum Gasteiger partial charge on any atom is 0.416 e. The highest BCUT2D eigenvalue weighted by atomic mass is 19.4. The lowest BCUT2D eigenvalue weighted by molar-refractivity contribution is -0.137. The Morgan fingerprint density at radius 1 is 1.00 bits per heavy atom.